The molecule has 3 aromatic carbocycles. The maximum absolute atomic E-state index is 13.3. The number of benzene rings is 3. The van der Waals surface area contributed by atoms with E-state index in [9.17, 15) is 22.8 Å². The van der Waals surface area contributed by atoms with Crippen LogP contribution in [0.15, 0.2) is 71.9 Å². The molecule has 4 rings (SSSR count). The average molecular weight is 586 g/mol. The minimum Gasteiger partial charge on any atom is -0.497 e. The van der Waals surface area contributed by atoms with Crippen LogP contribution in [0.4, 0.5) is 18.9 Å². The zero-order valence-corrected chi connectivity index (χ0v) is 23.1. The van der Waals surface area contributed by atoms with E-state index in [2.05, 4.69) is 20.8 Å². The van der Waals surface area contributed by atoms with E-state index < -0.39 is 23.6 Å². The third-order valence-electron chi connectivity index (χ3n) is 5.82. The number of hydrogen-bond donors (Lipinski definition) is 2. The number of hydrogen-bond acceptors (Lipinski definition) is 7. The van der Waals surface area contributed by atoms with Gasteiger partial charge >= 0.3 is 6.18 Å². The number of carbonyl (C=O) groups is 2. The lowest BCUT2D eigenvalue weighted by Crippen LogP contribution is -2.25. The van der Waals surface area contributed by atoms with Crippen LogP contribution in [0, 0.1) is 6.92 Å². The van der Waals surface area contributed by atoms with Crippen LogP contribution in [0.25, 0.3) is 5.69 Å². The van der Waals surface area contributed by atoms with Crippen molar-refractivity contribution in [2.75, 3.05) is 25.3 Å². The molecule has 0 unspecified atom stereocenters. The minimum atomic E-state index is -4.61. The molecule has 41 heavy (non-hydrogen) atoms. The van der Waals surface area contributed by atoms with Crippen LogP contribution in [-0.2, 0) is 17.5 Å². The number of anilines is 1. The number of amides is 2. The van der Waals surface area contributed by atoms with Gasteiger partial charge in [-0.1, -0.05) is 36.0 Å². The normalized spacial score (nSPS) is 11.2. The molecule has 0 fully saturated rings. The van der Waals surface area contributed by atoms with Gasteiger partial charge in [-0.25, -0.2) is 0 Å². The second kappa shape index (κ2) is 12.8. The van der Waals surface area contributed by atoms with Crippen LogP contribution in [-0.4, -0.2) is 46.6 Å². The fourth-order valence-corrected chi connectivity index (χ4v) is 4.66. The number of carbonyl (C=O) groups excluding carboxylic acids is 2. The van der Waals surface area contributed by atoms with Crippen molar-refractivity contribution in [2.24, 2.45) is 0 Å². The number of ether oxygens (including phenoxy) is 2. The molecule has 2 amide bonds. The van der Waals surface area contributed by atoms with E-state index in [1.165, 1.54) is 32.4 Å². The molecule has 0 saturated carbocycles. The molecule has 0 aliphatic rings. The zero-order valence-electron chi connectivity index (χ0n) is 22.3. The number of nitrogens with one attached hydrogen (secondary N) is 2. The van der Waals surface area contributed by atoms with Gasteiger partial charge < -0.3 is 20.1 Å². The summed E-state index contributed by atoms with van der Waals surface area (Å²) >= 11 is 1.00. The predicted molar refractivity (Wildman–Crippen MR) is 148 cm³/mol. The van der Waals surface area contributed by atoms with E-state index in [0.29, 0.717) is 33.7 Å². The van der Waals surface area contributed by atoms with Crippen molar-refractivity contribution in [3.05, 3.63) is 89.2 Å². The number of thioether (sulfide) groups is 1. The van der Waals surface area contributed by atoms with Crippen LogP contribution in [0.2, 0.25) is 0 Å². The standard InChI is InChI=1S/C28H26F3N5O4S/c1-17-7-6-8-19(11-17)36-24(15-32-26(38)18-12-20(39-2)14-21(13-18)40-3)34-35-27(36)41-16-25(37)33-23-10-5-4-9-22(23)28(29,30)31/h4-14H,15-16H2,1-3H3,(H,32,38)(H,33,37). The fourth-order valence-electron chi connectivity index (χ4n) is 3.89. The summed E-state index contributed by atoms with van der Waals surface area (Å²) in [5.41, 5.74) is 0.684. The Morgan fingerprint density at radius 3 is 2.32 bits per heavy atom. The molecule has 0 bridgehead atoms. The number of rotatable bonds is 10. The number of aromatic nitrogens is 3. The molecular formula is C28H26F3N5O4S. The SMILES string of the molecule is COc1cc(OC)cc(C(=O)NCc2nnc(SCC(=O)Nc3ccccc3C(F)(F)F)n2-c2cccc(C)c2)c1. The van der Waals surface area contributed by atoms with Gasteiger partial charge in [0.2, 0.25) is 5.91 Å². The van der Waals surface area contributed by atoms with Crippen molar-refractivity contribution in [1.29, 1.82) is 0 Å². The van der Waals surface area contributed by atoms with Crippen molar-refractivity contribution in [3.8, 4) is 17.2 Å². The quantitative estimate of drug-likeness (QED) is 0.244. The first-order valence-electron chi connectivity index (χ1n) is 12.2. The van der Waals surface area contributed by atoms with Gasteiger partial charge in [-0.05, 0) is 48.9 Å². The number of methoxy groups -OCH3 is 2. The van der Waals surface area contributed by atoms with Gasteiger partial charge in [-0.15, -0.1) is 10.2 Å². The molecule has 0 atom stereocenters. The molecule has 0 aliphatic carbocycles. The Morgan fingerprint density at radius 2 is 1.66 bits per heavy atom. The van der Waals surface area contributed by atoms with Crippen LogP contribution in [0.1, 0.15) is 27.3 Å². The Morgan fingerprint density at radius 1 is 0.951 bits per heavy atom. The molecule has 0 radical (unpaired) electrons. The lowest BCUT2D eigenvalue weighted by atomic mass is 10.1. The van der Waals surface area contributed by atoms with Crippen LogP contribution < -0.4 is 20.1 Å². The first-order chi connectivity index (χ1) is 19.6. The van der Waals surface area contributed by atoms with Gasteiger partial charge in [0.1, 0.15) is 11.5 Å². The summed E-state index contributed by atoms with van der Waals surface area (Å²) in [4.78, 5) is 25.5. The maximum Gasteiger partial charge on any atom is 0.418 e. The smallest absolute Gasteiger partial charge is 0.418 e. The van der Waals surface area contributed by atoms with Crippen molar-refractivity contribution in [3.63, 3.8) is 0 Å². The number of para-hydroxylation sites is 1. The molecule has 0 spiro atoms. The van der Waals surface area contributed by atoms with E-state index in [1.54, 1.807) is 22.8 Å². The van der Waals surface area contributed by atoms with Gasteiger partial charge in [-0.2, -0.15) is 13.2 Å². The van der Waals surface area contributed by atoms with Crippen molar-refractivity contribution in [1.82, 2.24) is 20.1 Å². The Bertz CT molecular complexity index is 1540. The minimum absolute atomic E-state index is 0.00891. The number of nitrogens with zero attached hydrogens (tertiary/aromatic N) is 3. The predicted octanol–water partition coefficient (Wildman–Crippen LogP) is 5.27. The van der Waals surface area contributed by atoms with Crippen molar-refractivity contribution in [2.45, 2.75) is 24.8 Å². The number of alkyl halides is 3. The lowest BCUT2D eigenvalue weighted by molar-refractivity contribution is -0.137. The van der Waals surface area contributed by atoms with E-state index in [-0.39, 0.29) is 18.0 Å². The summed E-state index contributed by atoms with van der Waals surface area (Å²) in [7, 11) is 2.96. The molecule has 214 valence electrons. The van der Waals surface area contributed by atoms with Gasteiger partial charge in [0.25, 0.3) is 5.91 Å². The van der Waals surface area contributed by atoms with Crippen LogP contribution in [0.3, 0.4) is 0 Å². The highest BCUT2D eigenvalue weighted by atomic mass is 32.2. The summed E-state index contributed by atoms with van der Waals surface area (Å²) in [5.74, 6) is 0.000363. The average Bonchev–Trinajstić information content (AvgIpc) is 3.37. The first kappa shape index (κ1) is 29.5. The topological polar surface area (TPSA) is 107 Å². The van der Waals surface area contributed by atoms with Gasteiger partial charge in [0, 0.05) is 17.3 Å². The highest BCUT2D eigenvalue weighted by Gasteiger charge is 2.33. The number of halogens is 3. The van der Waals surface area contributed by atoms with E-state index in [4.69, 9.17) is 9.47 Å². The highest BCUT2D eigenvalue weighted by Crippen LogP contribution is 2.34. The van der Waals surface area contributed by atoms with Crippen LogP contribution >= 0.6 is 11.8 Å². The number of aryl methyl sites for hydroxylation is 1. The van der Waals surface area contributed by atoms with Crippen molar-refractivity contribution >= 4 is 29.3 Å². The van der Waals surface area contributed by atoms with E-state index in [1.807, 2.05) is 31.2 Å². The molecular weight excluding hydrogens is 559 g/mol. The molecule has 0 aliphatic heterocycles. The molecule has 2 N–H and O–H groups in total. The van der Waals surface area contributed by atoms with Gasteiger partial charge in [-0.3, -0.25) is 14.2 Å². The van der Waals surface area contributed by atoms with Gasteiger partial charge in [0.15, 0.2) is 11.0 Å². The summed E-state index contributed by atoms with van der Waals surface area (Å²) in [6.07, 6.45) is -4.61. The second-order valence-electron chi connectivity index (χ2n) is 8.74. The Balaban J connectivity index is 1.53. The fraction of sp³-hybridized carbons (Fsp3) is 0.214. The molecule has 1 aromatic heterocycles. The van der Waals surface area contributed by atoms with Crippen LogP contribution in [0.5, 0.6) is 11.5 Å². The summed E-state index contributed by atoms with van der Waals surface area (Å²) in [6.45, 7) is 1.90. The molecule has 4 aromatic rings. The molecule has 0 saturated heterocycles. The Labute approximate surface area is 238 Å². The molecule has 9 nitrogen and oxygen atoms in total. The lowest BCUT2D eigenvalue weighted by Gasteiger charge is -2.14. The Kier molecular flexibility index (Phi) is 9.17. The van der Waals surface area contributed by atoms with E-state index >= 15 is 0 Å². The summed E-state index contributed by atoms with van der Waals surface area (Å²) < 4.78 is 52.1. The van der Waals surface area contributed by atoms with Crippen molar-refractivity contribution < 1.29 is 32.2 Å². The monoisotopic (exact) mass is 585 g/mol. The summed E-state index contributed by atoms with van der Waals surface area (Å²) in [6, 6.07) is 17.0. The van der Waals surface area contributed by atoms with Gasteiger partial charge in [0.05, 0.1) is 37.8 Å². The zero-order chi connectivity index (χ0) is 29.6. The first-order valence-corrected chi connectivity index (χ1v) is 13.2. The van der Waals surface area contributed by atoms with E-state index in [0.717, 1.165) is 23.4 Å². The summed E-state index contributed by atoms with van der Waals surface area (Å²) in [5, 5.41) is 13.9. The molecule has 1 heterocycles. The third kappa shape index (κ3) is 7.37. The molecule has 13 heteroatoms. The largest absolute Gasteiger partial charge is 0.497 e. The highest BCUT2D eigenvalue weighted by molar-refractivity contribution is 7.99. The third-order valence-corrected chi connectivity index (χ3v) is 6.75. The Hall–Kier alpha value is -4.52. The maximum atomic E-state index is 13.3. The second-order valence-corrected chi connectivity index (χ2v) is 9.68.